The minimum Gasteiger partial charge on any atom is -0.364 e. The number of H-pyrrole nitrogens is 1. The highest BCUT2D eigenvalue weighted by Crippen LogP contribution is 2.37. The van der Waals surface area contributed by atoms with E-state index in [0.29, 0.717) is 10.8 Å². The lowest BCUT2D eigenvalue weighted by atomic mass is 9.86. The Bertz CT molecular complexity index is 696. The van der Waals surface area contributed by atoms with Crippen LogP contribution >= 0.6 is 0 Å². The van der Waals surface area contributed by atoms with Gasteiger partial charge in [0, 0.05) is 24.1 Å². The molecule has 1 saturated carbocycles. The lowest BCUT2D eigenvalue weighted by Gasteiger charge is -2.20. The van der Waals surface area contributed by atoms with Gasteiger partial charge in [0.15, 0.2) is 9.84 Å². The molecule has 2 aromatic rings. The van der Waals surface area contributed by atoms with Crippen LogP contribution in [-0.4, -0.2) is 19.7 Å². The van der Waals surface area contributed by atoms with E-state index in [0.717, 1.165) is 12.3 Å². The third-order valence-corrected chi connectivity index (χ3v) is 5.88. The number of aromatic amines is 1. The summed E-state index contributed by atoms with van der Waals surface area (Å²) in [5.74, 6) is 1.11. The second-order valence-electron chi connectivity index (χ2n) is 6.41. The van der Waals surface area contributed by atoms with Crippen molar-refractivity contribution in [2.45, 2.75) is 42.9 Å². The third-order valence-electron chi connectivity index (χ3n) is 4.75. The van der Waals surface area contributed by atoms with Gasteiger partial charge in [-0.1, -0.05) is 37.8 Å². The maximum absolute atomic E-state index is 11.6. The maximum Gasteiger partial charge on any atom is 0.175 e. The highest BCUT2D eigenvalue weighted by molar-refractivity contribution is 7.90. The number of benzene rings is 1. The average molecular weight is 317 g/mol. The molecule has 1 aromatic carbocycles. The molecule has 1 fully saturated rings. The Morgan fingerprint density at radius 3 is 2.36 bits per heavy atom. The van der Waals surface area contributed by atoms with Crippen molar-refractivity contribution < 1.29 is 8.42 Å². The number of aromatic nitrogens is 1. The fourth-order valence-electron chi connectivity index (χ4n) is 3.53. The molecule has 0 aliphatic heterocycles. The van der Waals surface area contributed by atoms with Gasteiger partial charge in [-0.2, -0.15) is 0 Å². The summed E-state index contributed by atoms with van der Waals surface area (Å²) < 4.78 is 23.2. The van der Waals surface area contributed by atoms with Crippen LogP contribution in [0.25, 0.3) is 0 Å². The standard InChI is InChI=1S/C18H23NO2S/c1-22(20,21)16-10-8-15(9-11-16)17(18-7-4-12-19-18)13-14-5-2-3-6-14/h4,7-12,14,17,19H,2-3,5-6,13H2,1H3. The van der Waals surface area contributed by atoms with Crippen molar-refractivity contribution in [3.8, 4) is 0 Å². The molecule has 0 radical (unpaired) electrons. The van der Waals surface area contributed by atoms with Gasteiger partial charge in [-0.15, -0.1) is 0 Å². The molecule has 0 saturated heterocycles. The predicted octanol–water partition coefficient (Wildman–Crippen LogP) is 4.13. The molecule has 0 bridgehead atoms. The van der Waals surface area contributed by atoms with E-state index in [2.05, 4.69) is 11.1 Å². The van der Waals surface area contributed by atoms with Gasteiger partial charge in [-0.05, 0) is 42.2 Å². The third kappa shape index (κ3) is 3.43. The molecule has 3 rings (SSSR count). The van der Waals surface area contributed by atoms with E-state index in [1.54, 1.807) is 12.1 Å². The van der Waals surface area contributed by atoms with Crippen LogP contribution in [-0.2, 0) is 9.84 Å². The van der Waals surface area contributed by atoms with Crippen molar-refractivity contribution in [2.24, 2.45) is 5.92 Å². The number of sulfone groups is 1. The van der Waals surface area contributed by atoms with Crippen molar-refractivity contribution in [1.82, 2.24) is 4.98 Å². The Labute approximate surface area is 132 Å². The Kier molecular flexibility index (Phi) is 4.39. The van der Waals surface area contributed by atoms with Crippen LogP contribution in [0, 0.1) is 5.92 Å². The molecule has 1 unspecified atom stereocenters. The van der Waals surface area contributed by atoms with Crippen molar-refractivity contribution in [3.05, 3.63) is 53.9 Å². The van der Waals surface area contributed by atoms with Gasteiger partial charge in [-0.25, -0.2) is 8.42 Å². The Morgan fingerprint density at radius 1 is 1.14 bits per heavy atom. The molecular weight excluding hydrogens is 294 g/mol. The van der Waals surface area contributed by atoms with Crippen molar-refractivity contribution in [3.63, 3.8) is 0 Å². The molecule has 4 heteroatoms. The Morgan fingerprint density at radius 2 is 1.82 bits per heavy atom. The second kappa shape index (κ2) is 6.29. The molecule has 22 heavy (non-hydrogen) atoms. The SMILES string of the molecule is CS(=O)(=O)c1ccc(C(CC2CCCC2)c2ccc[nH]2)cc1. The number of rotatable bonds is 5. The van der Waals surface area contributed by atoms with Gasteiger partial charge in [0.05, 0.1) is 4.90 Å². The van der Waals surface area contributed by atoms with Gasteiger partial charge in [0.2, 0.25) is 0 Å². The van der Waals surface area contributed by atoms with Crippen LogP contribution in [0.4, 0.5) is 0 Å². The second-order valence-corrected chi connectivity index (χ2v) is 8.42. The van der Waals surface area contributed by atoms with Crippen molar-refractivity contribution >= 4 is 9.84 Å². The maximum atomic E-state index is 11.6. The Hall–Kier alpha value is -1.55. The minimum absolute atomic E-state index is 0.326. The predicted molar refractivity (Wildman–Crippen MR) is 88.8 cm³/mol. The summed E-state index contributed by atoms with van der Waals surface area (Å²) in [6, 6.07) is 11.6. The molecule has 1 heterocycles. The topological polar surface area (TPSA) is 49.9 Å². The molecule has 1 N–H and O–H groups in total. The van der Waals surface area contributed by atoms with E-state index >= 15 is 0 Å². The lowest BCUT2D eigenvalue weighted by Crippen LogP contribution is -2.08. The summed E-state index contributed by atoms with van der Waals surface area (Å²) in [6.45, 7) is 0. The van der Waals surface area contributed by atoms with Gasteiger partial charge in [-0.3, -0.25) is 0 Å². The smallest absolute Gasteiger partial charge is 0.175 e. The van der Waals surface area contributed by atoms with Crippen LogP contribution < -0.4 is 0 Å². The summed E-state index contributed by atoms with van der Waals surface area (Å²) in [4.78, 5) is 3.73. The molecule has 3 nitrogen and oxygen atoms in total. The zero-order valence-electron chi connectivity index (χ0n) is 13.0. The van der Waals surface area contributed by atoms with E-state index in [9.17, 15) is 8.42 Å². The largest absolute Gasteiger partial charge is 0.364 e. The first-order valence-corrected chi connectivity index (χ1v) is 9.86. The van der Waals surface area contributed by atoms with Gasteiger partial charge in [0.1, 0.15) is 0 Å². The number of hydrogen-bond donors (Lipinski definition) is 1. The first-order valence-electron chi connectivity index (χ1n) is 7.97. The number of hydrogen-bond acceptors (Lipinski definition) is 2. The average Bonchev–Trinajstić information content (AvgIpc) is 3.17. The fraction of sp³-hybridized carbons (Fsp3) is 0.444. The molecule has 0 spiro atoms. The molecule has 1 aliphatic carbocycles. The van der Waals surface area contributed by atoms with Crippen LogP contribution in [0.15, 0.2) is 47.5 Å². The fourth-order valence-corrected chi connectivity index (χ4v) is 4.16. The van der Waals surface area contributed by atoms with E-state index < -0.39 is 9.84 Å². The summed E-state index contributed by atoms with van der Waals surface area (Å²) in [5.41, 5.74) is 2.42. The van der Waals surface area contributed by atoms with Gasteiger partial charge >= 0.3 is 0 Å². The number of nitrogens with one attached hydrogen (secondary N) is 1. The van der Waals surface area contributed by atoms with Crippen LogP contribution in [0.2, 0.25) is 0 Å². The summed E-state index contributed by atoms with van der Waals surface area (Å²) >= 11 is 0. The Balaban J connectivity index is 1.88. The molecule has 1 atom stereocenters. The van der Waals surface area contributed by atoms with Crippen LogP contribution in [0.1, 0.15) is 49.3 Å². The van der Waals surface area contributed by atoms with E-state index in [-0.39, 0.29) is 0 Å². The molecule has 1 aromatic heterocycles. The summed E-state index contributed by atoms with van der Waals surface area (Å²) in [6.07, 6.45) is 9.67. The molecule has 0 amide bonds. The van der Waals surface area contributed by atoms with Gasteiger partial charge in [0.25, 0.3) is 0 Å². The van der Waals surface area contributed by atoms with E-state index in [1.165, 1.54) is 43.2 Å². The molecule has 118 valence electrons. The summed E-state index contributed by atoms with van der Waals surface area (Å²) in [7, 11) is -3.13. The van der Waals surface area contributed by atoms with E-state index in [1.807, 2.05) is 24.4 Å². The highest BCUT2D eigenvalue weighted by atomic mass is 32.2. The molecular formula is C18H23NO2S. The summed E-state index contributed by atoms with van der Waals surface area (Å²) in [5, 5.41) is 0. The zero-order valence-corrected chi connectivity index (χ0v) is 13.8. The van der Waals surface area contributed by atoms with Crippen molar-refractivity contribution in [2.75, 3.05) is 6.26 Å². The highest BCUT2D eigenvalue weighted by Gasteiger charge is 2.23. The van der Waals surface area contributed by atoms with Crippen LogP contribution in [0.5, 0.6) is 0 Å². The monoisotopic (exact) mass is 317 g/mol. The van der Waals surface area contributed by atoms with Crippen LogP contribution in [0.3, 0.4) is 0 Å². The lowest BCUT2D eigenvalue weighted by molar-refractivity contribution is 0.469. The minimum atomic E-state index is -3.13. The first kappa shape index (κ1) is 15.3. The zero-order chi connectivity index (χ0) is 15.6. The van der Waals surface area contributed by atoms with Crippen molar-refractivity contribution in [1.29, 1.82) is 0 Å². The first-order chi connectivity index (χ1) is 10.5. The van der Waals surface area contributed by atoms with E-state index in [4.69, 9.17) is 0 Å². The van der Waals surface area contributed by atoms with Gasteiger partial charge < -0.3 is 4.98 Å². The quantitative estimate of drug-likeness (QED) is 0.901. The molecule has 1 aliphatic rings. The normalized spacial score (nSPS) is 17.7.